The molecule has 0 aliphatic heterocycles. The van der Waals surface area contributed by atoms with Gasteiger partial charge in [-0.05, 0) is 73.0 Å². The van der Waals surface area contributed by atoms with Gasteiger partial charge in [0.25, 0.3) is 0 Å². The molecule has 0 atom stereocenters. The van der Waals surface area contributed by atoms with Crippen LogP contribution in [0.15, 0.2) is 142 Å². The van der Waals surface area contributed by atoms with E-state index in [1.54, 1.807) is 0 Å². The molecule has 0 bridgehead atoms. The minimum absolute atomic E-state index is 0.262. The van der Waals surface area contributed by atoms with Crippen LogP contribution in [-0.2, 0) is 6.42 Å². The van der Waals surface area contributed by atoms with Crippen molar-refractivity contribution < 1.29 is 17.6 Å². The average molecular weight is 728 g/mol. The normalized spacial score (nSPS) is 12.9. The fourth-order valence-electron chi connectivity index (χ4n) is 9.19. The van der Waals surface area contributed by atoms with Crippen LogP contribution in [0, 0.1) is 23.0 Å². The van der Waals surface area contributed by atoms with Crippen molar-refractivity contribution in [2.45, 2.75) is 12.8 Å². The number of nitriles is 1. The number of fused-ring (bicyclic) bond motifs is 14. The topological polar surface area (TPSA) is 59.9 Å². The first-order chi connectivity index (χ1) is 27.6. The molecule has 0 saturated carbocycles. The largest absolute Gasteiger partial charge is 0.454 e. The molecule has 7 heteroatoms. The van der Waals surface area contributed by atoms with E-state index < -0.39 is 11.6 Å². The molecule has 264 valence electrons. The number of nitrogens with zero attached hydrogens (tertiary/aromatic N) is 3. The summed E-state index contributed by atoms with van der Waals surface area (Å²) in [6.07, 6.45) is 6.00. The Morgan fingerprint density at radius 3 is 1.86 bits per heavy atom. The highest BCUT2D eigenvalue weighted by Crippen LogP contribution is 2.46. The monoisotopic (exact) mass is 727 g/mol. The number of hydrogen-bond acceptors (Lipinski definition) is 3. The summed E-state index contributed by atoms with van der Waals surface area (Å²) in [5.74, 6) is -0.602. The van der Waals surface area contributed by atoms with Gasteiger partial charge >= 0.3 is 0 Å². The summed E-state index contributed by atoms with van der Waals surface area (Å²) in [6, 6.07) is 42.5. The number of aromatic nitrogens is 2. The van der Waals surface area contributed by atoms with E-state index in [2.05, 4.69) is 82.0 Å². The van der Waals surface area contributed by atoms with Gasteiger partial charge in [-0.1, -0.05) is 78.9 Å². The smallest absolute Gasteiger partial charge is 0.160 e. The number of benzene rings is 7. The molecule has 1 aliphatic rings. The Balaban J connectivity index is 1.31. The van der Waals surface area contributed by atoms with Gasteiger partial charge in [-0.15, -0.1) is 0 Å². The predicted octanol–water partition coefficient (Wildman–Crippen LogP) is 13.3. The third kappa shape index (κ3) is 4.15. The minimum atomic E-state index is -0.725. The molecule has 0 amide bonds. The molecule has 0 fully saturated rings. The molecule has 0 N–H and O–H groups in total. The van der Waals surface area contributed by atoms with E-state index in [-0.39, 0.29) is 11.1 Å². The van der Waals surface area contributed by atoms with Crippen LogP contribution in [0.5, 0.6) is 0 Å². The second-order valence-electron chi connectivity index (χ2n) is 14.5. The van der Waals surface area contributed by atoms with E-state index in [0.29, 0.717) is 16.9 Å². The van der Waals surface area contributed by atoms with E-state index in [1.807, 2.05) is 54.6 Å². The lowest BCUT2D eigenvalue weighted by Crippen LogP contribution is -2.06. The number of aryl methyl sites for hydroxylation is 1. The van der Waals surface area contributed by atoms with Crippen molar-refractivity contribution in [2.24, 2.45) is 0 Å². The molecule has 12 rings (SSSR count). The van der Waals surface area contributed by atoms with Gasteiger partial charge in [-0.2, -0.15) is 5.26 Å². The van der Waals surface area contributed by atoms with E-state index >= 15 is 0 Å². The van der Waals surface area contributed by atoms with Gasteiger partial charge in [0.05, 0.1) is 45.1 Å². The highest BCUT2D eigenvalue weighted by atomic mass is 19.1. The van der Waals surface area contributed by atoms with Crippen molar-refractivity contribution in [1.29, 1.82) is 5.26 Å². The van der Waals surface area contributed by atoms with Crippen LogP contribution in [0.1, 0.15) is 23.3 Å². The lowest BCUT2D eigenvalue weighted by Gasteiger charge is -2.19. The first-order valence-corrected chi connectivity index (χ1v) is 18.6. The predicted molar refractivity (Wildman–Crippen MR) is 220 cm³/mol. The summed E-state index contributed by atoms with van der Waals surface area (Å²) in [7, 11) is 0. The first kappa shape index (κ1) is 31.0. The zero-order valence-electron chi connectivity index (χ0n) is 29.6. The fraction of sp³-hybridized carbons (Fsp3) is 0.0408. The third-order valence-corrected chi connectivity index (χ3v) is 11.5. The molecular formula is C49H27F2N3O2. The quantitative estimate of drug-likeness (QED) is 0.182. The fourth-order valence-corrected chi connectivity index (χ4v) is 9.19. The van der Waals surface area contributed by atoms with Crippen molar-refractivity contribution in [2.75, 3.05) is 0 Å². The molecule has 0 saturated heterocycles. The Labute approximate surface area is 317 Å². The van der Waals surface area contributed by atoms with Gasteiger partial charge in [-0.25, -0.2) is 8.78 Å². The summed E-state index contributed by atoms with van der Waals surface area (Å²) in [5, 5.41) is 17.9. The summed E-state index contributed by atoms with van der Waals surface area (Å²) in [6.45, 7) is 0. The summed E-state index contributed by atoms with van der Waals surface area (Å²) >= 11 is 0. The Morgan fingerprint density at radius 2 is 1.16 bits per heavy atom. The number of hydrogen-bond donors (Lipinski definition) is 0. The van der Waals surface area contributed by atoms with Crippen molar-refractivity contribution in [3.8, 4) is 28.6 Å². The SMILES string of the molecule is N#Cc1cc(-n2c3ccccc3c3ccc4c5ccccc5oc4c32)c(-n2c3ccccc3c3ccc4c5c(oc4c32)C=CCC5)cc1-c1cc(F)cc(F)c1. The van der Waals surface area contributed by atoms with Gasteiger partial charge in [0.2, 0.25) is 0 Å². The summed E-state index contributed by atoms with van der Waals surface area (Å²) < 4.78 is 47.8. The highest BCUT2D eigenvalue weighted by molar-refractivity contribution is 6.22. The van der Waals surface area contributed by atoms with Gasteiger partial charge in [0.1, 0.15) is 23.0 Å². The maximum Gasteiger partial charge on any atom is 0.160 e. The van der Waals surface area contributed by atoms with E-state index in [9.17, 15) is 14.0 Å². The van der Waals surface area contributed by atoms with E-state index in [0.717, 1.165) is 101 Å². The Morgan fingerprint density at radius 1 is 0.571 bits per heavy atom. The van der Waals surface area contributed by atoms with Crippen LogP contribution in [0.25, 0.3) is 105 Å². The lowest BCUT2D eigenvalue weighted by atomic mass is 9.97. The maximum atomic E-state index is 15.0. The third-order valence-electron chi connectivity index (χ3n) is 11.5. The zero-order valence-corrected chi connectivity index (χ0v) is 29.6. The van der Waals surface area contributed by atoms with Gasteiger partial charge in [-0.3, -0.25) is 0 Å². The maximum absolute atomic E-state index is 15.0. The molecule has 5 nitrogen and oxygen atoms in total. The molecule has 0 radical (unpaired) electrons. The number of allylic oxidation sites excluding steroid dienone is 1. The van der Waals surface area contributed by atoms with E-state index in [1.165, 1.54) is 17.7 Å². The first-order valence-electron chi connectivity index (χ1n) is 18.6. The molecule has 4 heterocycles. The number of furan rings is 2. The van der Waals surface area contributed by atoms with Crippen molar-refractivity contribution in [3.05, 3.63) is 162 Å². The van der Waals surface area contributed by atoms with Crippen molar-refractivity contribution in [1.82, 2.24) is 9.13 Å². The van der Waals surface area contributed by atoms with Crippen LogP contribution >= 0.6 is 0 Å². The number of para-hydroxylation sites is 3. The van der Waals surface area contributed by atoms with Crippen molar-refractivity contribution in [3.63, 3.8) is 0 Å². The molecule has 11 aromatic rings. The molecule has 0 unspecified atom stereocenters. The van der Waals surface area contributed by atoms with Gasteiger partial charge in [0.15, 0.2) is 11.2 Å². The molecule has 7 aromatic carbocycles. The second kappa shape index (κ2) is 11.3. The van der Waals surface area contributed by atoms with Crippen LogP contribution in [0.2, 0.25) is 0 Å². The van der Waals surface area contributed by atoms with Gasteiger partial charge in [0, 0.05) is 54.9 Å². The molecular weight excluding hydrogens is 701 g/mol. The Kier molecular flexibility index (Phi) is 6.25. The summed E-state index contributed by atoms with van der Waals surface area (Å²) in [4.78, 5) is 0. The molecule has 1 aliphatic carbocycles. The standard InChI is InChI=1S/C49H27F2N3O2/c50-29-21-27(22-30(51)24-29)39-25-43(54-41-14-6-2-10-32(41)36-18-20-38-34-12-4-8-16-45(34)56-49(38)47(36)54)42(23-28(39)26-52)53-40-13-5-1-9-31(40)35-17-19-37-33-11-3-7-15-44(33)55-48(37)46(35)53/h1-3,5-11,13-25H,4,12H2. The molecule has 56 heavy (non-hydrogen) atoms. The summed E-state index contributed by atoms with van der Waals surface area (Å²) in [5.41, 5.74) is 9.27. The second-order valence-corrected chi connectivity index (χ2v) is 14.5. The van der Waals surface area contributed by atoms with Crippen LogP contribution in [0.3, 0.4) is 0 Å². The van der Waals surface area contributed by atoms with Crippen LogP contribution in [0.4, 0.5) is 8.78 Å². The molecule has 4 aromatic heterocycles. The highest BCUT2D eigenvalue weighted by Gasteiger charge is 2.27. The van der Waals surface area contributed by atoms with Crippen LogP contribution < -0.4 is 0 Å². The van der Waals surface area contributed by atoms with E-state index in [4.69, 9.17) is 8.83 Å². The Hall–Kier alpha value is -7.43. The lowest BCUT2D eigenvalue weighted by molar-refractivity contribution is 0.584. The molecule has 0 spiro atoms. The van der Waals surface area contributed by atoms with Crippen LogP contribution in [-0.4, -0.2) is 9.13 Å². The van der Waals surface area contributed by atoms with Crippen molar-refractivity contribution >= 4 is 82.6 Å². The zero-order chi connectivity index (χ0) is 37.2. The number of halogens is 2. The minimum Gasteiger partial charge on any atom is -0.454 e. The number of rotatable bonds is 3. The Bertz CT molecular complexity index is 3570. The van der Waals surface area contributed by atoms with Gasteiger partial charge < -0.3 is 18.0 Å². The average Bonchev–Trinajstić information content (AvgIpc) is 3.98.